The Morgan fingerprint density at radius 2 is 1.75 bits per heavy atom. The van der Waals surface area contributed by atoms with Crippen LogP contribution in [0.25, 0.3) is 0 Å². The van der Waals surface area contributed by atoms with Crippen LogP contribution >= 0.6 is 0 Å². The van der Waals surface area contributed by atoms with Gasteiger partial charge in [0.15, 0.2) is 0 Å². The third kappa shape index (κ3) is 6.49. The number of rotatable bonds is 7. The minimum atomic E-state index is -4.94. The molecule has 0 aliphatic heterocycles. The predicted molar refractivity (Wildman–Crippen MR) is 73.2 cm³/mol. The summed E-state index contributed by atoms with van der Waals surface area (Å²) in [6, 6.07) is 3.94. The topological polar surface area (TPSA) is 12.5 Å². The number of likely N-dealkylation sites (N-methyl/N-ethyl adjacent to an activating group) is 1. The molecule has 0 saturated carbocycles. The van der Waals surface area contributed by atoms with Crippen LogP contribution in [0.3, 0.4) is 0 Å². The van der Waals surface area contributed by atoms with Gasteiger partial charge in [0, 0.05) is 6.54 Å². The van der Waals surface area contributed by atoms with Crippen LogP contribution in [0, 0.1) is 6.92 Å². The van der Waals surface area contributed by atoms with E-state index in [0.717, 1.165) is 25.7 Å². The Morgan fingerprint density at radius 1 is 1.15 bits per heavy atom. The van der Waals surface area contributed by atoms with Crippen molar-refractivity contribution in [2.75, 3.05) is 26.2 Å². The average Bonchev–Trinajstić information content (AvgIpc) is 2.33. The molecule has 0 aliphatic rings. The second kappa shape index (κ2) is 9.48. The number of aryl methyl sites for hydroxylation is 1. The molecule has 0 unspecified atom stereocenters. The zero-order valence-electron chi connectivity index (χ0n) is 12.6. The van der Waals surface area contributed by atoms with Crippen molar-refractivity contribution in [3.63, 3.8) is 0 Å². The Balaban J connectivity index is 0.00000361. The first-order chi connectivity index (χ1) is 8.88. The second-order valence-corrected chi connectivity index (χ2v) is 4.47. The summed E-state index contributed by atoms with van der Waals surface area (Å²) in [5, 5.41) is 0. The number of benzene rings is 1. The second-order valence-electron chi connectivity index (χ2n) is 4.47. The fourth-order valence-corrected chi connectivity index (χ4v) is 1.94. The van der Waals surface area contributed by atoms with Gasteiger partial charge in [-0.15, -0.1) is 5.46 Å². The molecule has 0 bridgehead atoms. The first kappa shape index (κ1) is 20.5. The first-order valence-corrected chi connectivity index (χ1v) is 6.54. The van der Waals surface area contributed by atoms with E-state index in [-0.39, 0.29) is 56.9 Å². The Morgan fingerprint density at radius 3 is 2.20 bits per heavy atom. The predicted octanol–water partition coefficient (Wildman–Crippen LogP) is -0.226. The van der Waals surface area contributed by atoms with Crippen LogP contribution in [0.2, 0.25) is 0 Å². The maximum atomic E-state index is 12.6. The molecule has 0 heterocycles. The SMILES string of the molecule is CCN(CC)CCOc1ccc([B-](F)(F)F)c(C)c1.[K+]. The summed E-state index contributed by atoms with van der Waals surface area (Å²) in [5.74, 6) is 0.494. The molecule has 1 aromatic carbocycles. The zero-order valence-corrected chi connectivity index (χ0v) is 15.8. The van der Waals surface area contributed by atoms with Gasteiger partial charge in [-0.25, -0.2) is 0 Å². The van der Waals surface area contributed by atoms with Crippen molar-refractivity contribution >= 4 is 12.4 Å². The molecule has 0 aromatic heterocycles. The molecular formula is C13H20BF3KNO. The van der Waals surface area contributed by atoms with Crippen molar-refractivity contribution in [1.82, 2.24) is 4.90 Å². The number of halogens is 3. The number of nitrogens with zero attached hydrogens (tertiary/aromatic N) is 1. The van der Waals surface area contributed by atoms with E-state index < -0.39 is 12.4 Å². The largest absolute Gasteiger partial charge is 1.00 e. The molecule has 0 saturated heterocycles. The van der Waals surface area contributed by atoms with Crippen molar-refractivity contribution in [2.45, 2.75) is 20.8 Å². The third-order valence-electron chi connectivity index (χ3n) is 3.16. The van der Waals surface area contributed by atoms with Crippen LogP contribution in [0.5, 0.6) is 5.75 Å². The summed E-state index contributed by atoms with van der Waals surface area (Å²) in [5.41, 5.74) is -0.330. The van der Waals surface area contributed by atoms with Crippen LogP contribution in [0.1, 0.15) is 19.4 Å². The molecule has 0 N–H and O–H groups in total. The van der Waals surface area contributed by atoms with Gasteiger partial charge in [-0.2, -0.15) is 0 Å². The van der Waals surface area contributed by atoms with Gasteiger partial charge in [-0.05, 0) is 32.1 Å². The maximum Gasteiger partial charge on any atom is 1.00 e. The van der Waals surface area contributed by atoms with E-state index in [0.29, 0.717) is 12.4 Å². The molecule has 2 nitrogen and oxygen atoms in total. The Hall–Kier alpha value is 0.471. The normalized spacial score (nSPS) is 11.3. The van der Waals surface area contributed by atoms with Gasteiger partial charge in [0.25, 0.3) is 0 Å². The monoisotopic (exact) mass is 313 g/mol. The van der Waals surface area contributed by atoms with E-state index in [1.165, 1.54) is 19.1 Å². The summed E-state index contributed by atoms with van der Waals surface area (Å²) >= 11 is 0. The fraction of sp³-hybridized carbons (Fsp3) is 0.538. The van der Waals surface area contributed by atoms with Gasteiger partial charge >= 0.3 is 58.4 Å². The minimum absolute atomic E-state index is 0. The smallest absolute Gasteiger partial charge is 0.492 e. The number of ether oxygens (including phenoxy) is 1. The average molecular weight is 313 g/mol. The van der Waals surface area contributed by atoms with E-state index in [1.807, 2.05) is 0 Å². The third-order valence-corrected chi connectivity index (χ3v) is 3.16. The molecule has 0 fully saturated rings. The molecule has 0 aliphatic carbocycles. The quantitative estimate of drug-likeness (QED) is 0.645. The van der Waals surface area contributed by atoms with Crippen LogP contribution in [0.15, 0.2) is 18.2 Å². The zero-order chi connectivity index (χ0) is 14.5. The Bertz CT molecular complexity index is 411. The molecule has 0 spiro atoms. The minimum Gasteiger partial charge on any atom is -0.492 e. The van der Waals surface area contributed by atoms with Crippen LogP contribution in [-0.4, -0.2) is 38.1 Å². The summed E-state index contributed by atoms with van der Waals surface area (Å²) < 4.78 is 43.4. The molecule has 0 radical (unpaired) electrons. The van der Waals surface area contributed by atoms with E-state index >= 15 is 0 Å². The van der Waals surface area contributed by atoms with Crippen molar-refractivity contribution < 1.29 is 69.1 Å². The van der Waals surface area contributed by atoms with Gasteiger partial charge in [0.2, 0.25) is 0 Å². The van der Waals surface area contributed by atoms with E-state index in [9.17, 15) is 12.9 Å². The maximum absolute atomic E-state index is 12.6. The molecular weight excluding hydrogens is 293 g/mol. The summed E-state index contributed by atoms with van der Waals surface area (Å²) in [6.45, 7) is 3.78. The first-order valence-electron chi connectivity index (χ1n) is 6.54. The van der Waals surface area contributed by atoms with Crippen molar-refractivity contribution in [3.05, 3.63) is 23.8 Å². The van der Waals surface area contributed by atoms with Gasteiger partial charge in [-0.1, -0.05) is 25.5 Å². The molecule has 7 heteroatoms. The standard InChI is InChI=1S/C13H20BF3NO.K/c1-4-18(5-2)8-9-19-12-6-7-13(11(3)10-12)14(15,16)17;/h6-7,10H,4-5,8-9H2,1-3H3;/q-1;+1. The summed E-state index contributed by atoms with van der Waals surface area (Å²) in [7, 11) is 0. The molecule has 1 rings (SSSR count). The van der Waals surface area contributed by atoms with Gasteiger partial charge in [0.1, 0.15) is 12.4 Å². The molecule has 0 atom stereocenters. The van der Waals surface area contributed by atoms with Crippen LogP contribution in [0.4, 0.5) is 12.9 Å². The van der Waals surface area contributed by atoms with Crippen molar-refractivity contribution in [3.8, 4) is 5.75 Å². The summed E-state index contributed by atoms with van der Waals surface area (Å²) in [4.78, 5) is 2.19. The van der Waals surface area contributed by atoms with Crippen molar-refractivity contribution in [1.29, 1.82) is 0 Å². The van der Waals surface area contributed by atoms with Gasteiger partial charge in [0.05, 0.1) is 0 Å². The molecule has 1 aromatic rings. The van der Waals surface area contributed by atoms with E-state index in [2.05, 4.69) is 18.7 Å². The Kier molecular flexibility index (Phi) is 9.70. The van der Waals surface area contributed by atoms with Crippen molar-refractivity contribution in [2.24, 2.45) is 0 Å². The number of hydrogen-bond acceptors (Lipinski definition) is 2. The van der Waals surface area contributed by atoms with E-state index in [1.54, 1.807) is 0 Å². The molecule has 20 heavy (non-hydrogen) atoms. The van der Waals surface area contributed by atoms with Gasteiger partial charge in [-0.3, -0.25) is 0 Å². The van der Waals surface area contributed by atoms with E-state index in [4.69, 9.17) is 4.74 Å². The number of hydrogen-bond donors (Lipinski definition) is 0. The fourth-order valence-electron chi connectivity index (χ4n) is 1.94. The summed E-state index contributed by atoms with van der Waals surface area (Å²) in [6.07, 6.45) is 0. The van der Waals surface area contributed by atoms with Gasteiger partial charge < -0.3 is 22.6 Å². The molecule has 108 valence electrons. The van der Waals surface area contributed by atoms with Crippen LogP contribution in [-0.2, 0) is 0 Å². The molecule has 0 amide bonds. The Labute approximate surface area is 161 Å². The van der Waals surface area contributed by atoms with Crippen LogP contribution < -0.4 is 61.6 Å².